The Bertz CT molecular complexity index is 1300. The molecular formula is C19H22N5O7PS2. The maximum absolute atomic E-state index is 13.0. The Morgan fingerprint density at radius 3 is 2.32 bits per heavy atom. The third kappa shape index (κ3) is 6.09. The number of fused-ring (bicyclic) bond motifs is 1. The van der Waals surface area contributed by atoms with Crippen LogP contribution in [-0.2, 0) is 14.6 Å². The molecule has 0 amide bonds. The second-order valence-corrected chi connectivity index (χ2v) is 11.6. The highest BCUT2D eigenvalue weighted by Crippen LogP contribution is 2.44. The first-order valence-corrected chi connectivity index (χ1v) is 13.8. The van der Waals surface area contributed by atoms with E-state index in [-0.39, 0.29) is 15.5 Å². The lowest BCUT2D eigenvalue weighted by atomic mass is 10.2. The fourth-order valence-electron chi connectivity index (χ4n) is 2.90. The summed E-state index contributed by atoms with van der Waals surface area (Å²) < 4.78 is 51.5. The molecule has 1 atom stereocenters. The van der Waals surface area contributed by atoms with Crippen LogP contribution < -0.4 is 35.4 Å². The molecule has 0 aliphatic rings. The van der Waals surface area contributed by atoms with Crippen molar-refractivity contribution in [3.05, 3.63) is 47.8 Å². The van der Waals surface area contributed by atoms with E-state index < -0.39 is 23.4 Å². The van der Waals surface area contributed by atoms with E-state index in [1.165, 1.54) is 12.1 Å². The average molecular weight is 528 g/mol. The maximum Gasteiger partial charge on any atom is 0.250 e. The van der Waals surface area contributed by atoms with Crippen LogP contribution >= 0.6 is 18.9 Å². The normalized spacial score (nSPS) is 12.9. The van der Waals surface area contributed by atoms with Gasteiger partial charge in [0.2, 0.25) is 0 Å². The van der Waals surface area contributed by atoms with Crippen LogP contribution in [0.1, 0.15) is 17.0 Å². The Morgan fingerprint density at radius 2 is 1.79 bits per heavy atom. The molecule has 182 valence electrons. The van der Waals surface area contributed by atoms with Gasteiger partial charge in [-0.15, -0.1) is 11.3 Å². The van der Waals surface area contributed by atoms with E-state index in [9.17, 15) is 22.8 Å². The summed E-state index contributed by atoms with van der Waals surface area (Å²) >= 11 is 0.872. The fraction of sp³-hybridized carbons (Fsp3) is 0.263. The summed E-state index contributed by atoms with van der Waals surface area (Å²) in [6.45, 7) is 1.67. The molecule has 2 heterocycles. The van der Waals surface area contributed by atoms with Crippen LogP contribution in [0.4, 0.5) is 0 Å². The van der Waals surface area contributed by atoms with Crippen molar-refractivity contribution in [2.24, 2.45) is 0 Å². The number of thiophene rings is 1. The summed E-state index contributed by atoms with van der Waals surface area (Å²) in [4.78, 5) is 27.4. The molecule has 0 saturated heterocycles. The Morgan fingerprint density at radius 1 is 1.15 bits per heavy atom. The molecule has 3 aromatic rings. The number of hydrogen-bond donors (Lipinski definition) is 3. The number of quaternary nitrogens is 2. The van der Waals surface area contributed by atoms with Gasteiger partial charge in [0.15, 0.2) is 11.5 Å². The van der Waals surface area contributed by atoms with Gasteiger partial charge in [-0.3, -0.25) is 0 Å². The SMILES string of the molecule is N#Cc1ccc(C(NS(=O)(=O)c2cc3cc(OCC[NH3+])c(OCC[NH3+])cc3s2)P(=O)([O-])[O-])cn1. The number of aromatic nitrogens is 1. The first kappa shape index (κ1) is 26.0. The van der Waals surface area contributed by atoms with Gasteiger partial charge in [0, 0.05) is 17.0 Å². The van der Waals surface area contributed by atoms with Crippen molar-refractivity contribution in [3.8, 4) is 17.6 Å². The summed E-state index contributed by atoms with van der Waals surface area (Å²) in [5.74, 6) is -1.28. The molecule has 15 heteroatoms. The summed E-state index contributed by atoms with van der Waals surface area (Å²) in [5.41, 5.74) is 7.21. The van der Waals surface area contributed by atoms with E-state index in [1.54, 1.807) is 18.2 Å². The lowest BCUT2D eigenvalue weighted by Gasteiger charge is -2.38. The standard InChI is InChI=1S/C19H22N5O7PS2/c20-3-5-30-15-7-13-8-18(33-17(13)9-16(15)31-6-4-21)34(28,29)24-19(32(25,26)27)12-1-2-14(10-22)23-11-12/h1-2,7-9,11,19,24H,3-6,20-21H2,(H2,25,26,27). The van der Waals surface area contributed by atoms with Crippen LogP contribution in [0.5, 0.6) is 11.5 Å². The average Bonchev–Trinajstić information content (AvgIpc) is 3.23. The number of benzene rings is 1. The van der Waals surface area contributed by atoms with Crippen molar-refractivity contribution in [1.82, 2.24) is 9.71 Å². The molecule has 34 heavy (non-hydrogen) atoms. The number of hydrogen-bond acceptors (Lipinski definition) is 10. The molecule has 0 radical (unpaired) electrons. The second kappa shape index (κ2) is 10.8. The lowest BCUT2D eigenvalue weighted by Crippen LogP contribution is -2.53. The van der Waals surface area contributed by atoms with Crippen LogP contribution in [-0.4, -0.2) is 39.7 Å². The highest BCUT2D eigenvalue weighted by molar-refractivity contribution is 7.92. The highest BCUT2D eigenvalue weighted by atomic mass is 32.2. The van der Waals surface area contributed by atoms with Gasteiger partial charge in [-0.05, 0) is 36.7 Å². The predicted octanol–water partition coefficient (Wildman–Crippen LogP) is -1.70. The van der Waals surface area contributed by atoms with Gasteiger partial charge in [0.05, 0.1) is 5.78 Å². The smallest absolute Gasteiger partial charge is 0.250 e. The monoisotopic (exact) mass is 527 g/mol. The van der Waals surface area contributed by atoms with Gasteiger partial charge < -0.3 is 35.3 Å². The Kier molecular flexibility index (Phi) is 8.24. The largest absolute Gasteiger partial charge is 0.809 e. The third-order valence-electron chi connectivity index (χ3n) is 4.43. The van der Waals surface area contributed by atoms with Crippen molar-refractivity contribution < 1.29 is 43.7 Å². The van der Waals surface area contributed by atoms with Crippen LogP contribution in [0.3, 0.4) is 0 Å². The topological polar surface area (TPSA) is 220 Å². The molecule has 3 rings (SSSR count). The molecule has 0 aliphatic heterocycles. The van der Waals surface area contributed by atoms with Crippen molar-refractivity contribution >= 4 is 39.0 Å². The van der Waals surface area contributed by atoms with Crippen LogP contribution in [0, 0.1) is 11.3 Å². The van der Waals surface area contributed by atoms with E-state index >= 15 is 0 Å². The van der Waals surface area contributed by atoms with E-state index in [0.717, 1.165) is 23.6 Å². The van der Waals surface area contributed by atoms with Gasteiger partial charge >= 0.3 is 0 Å². The van der Waals surface area contributed by atoms with E-state index in [2.05, 4.69) is 16.5 Å². The van der Waals surface area contributed by atoms with E-state index in [0.29, 0.717) is 47.9 Å². The molecule has 0 bridgehead atoms. The Balaban J connectivity index is 1.98. The molecule has 0 spiro atoms. The number of ether oxygens (including phenoxy) is 2. The number of pyridine rings is 1. The minimum absolute atomic E-state index is 0.0183. The summed E-state index contributed by atoms with van der Waals surface area (Å²) in [6, 6.07) is 8.69. The zero-order chi connectivity index (χ0) is 24.9. The van der Waals surface area contributed by atoms with Gasteiger partial charge in [-0.1, -0.05) is 6.07 Å². The van der Waals surface area contributed by atoms with Crippen molar-refractivity contribution in [3.63, 3.8) is 0 Å². The number of rotatable bonds is 11. The molecular weight excluding hydrogens is 505 g/mol. The minimum atomic E-state index is -5.47. The van der Waals surface area contributed by atoms with E-state index in [1.807, 2.05) is 4.72 Å². The molecule has 12 nitrogen and oxygen atoms in total. The zero-order valence-corrected chi connectivity index (χ0v) is 20.3. The highest BCUT2D eigenvalue weighted by Gasteiger charge is 2.26. The first-order chi connectivity index (χ1) is 16.1. The Hall–Kier alpha value is -2.60. The van der Waals surface area contributed by atoms with Crippen LogP contribution in [0.2, 0.25) is 0 Å². The summed E-state index contributed by atoms with van der Waals surface area (Å²) in [7, 11) is -9.90. The molecule has 0 saturated carbocycles. The third-order valence-corrected chi connectivity index (χ3v) is 8.66. The molecule has 0 fully saturated rings. The minimum Gasteiger partial charge on any atom is -0.809 e. The molecule has 7 N–H and O–H groups in total. The second-order valence-electron chi connectivity index (χ2n) is 6.96. The zero-order valence-electron chi connectivity index (χ0n) is 17.8. The van der Waals surface area contributed by atoms with Crippen molar-refractivity contribution in [1.29, 1.82) is 5.26 Å². The predicted molar refractivity (Wildman–Crippen MR) is 118 cm³/mol. The lowest BCUT2D eigenvalue weighted by molar-refractivity contribution is -0.372. The van der Waals surface area contributed by atoms with E-state index in [4.69, 9.17) is 14.7 Å². The molecule has 2 aromatic heterocycles. The molecule has 0 aliphatic carbocycles. The number of nitrogens with zero attached hydrogens (tertiary/aromatic N) is 2. The van der Waals surface area contributed by atoms with Crippen molar-refractivity contribution in [2.45, 2.75) is 9.99 Å². The van der Waals surface area contributed by atoms with Gasteiger partial charge in [0.25, 0.3) is 10.0 Å². The fourth-order valence-corrected chi connectivity index (χ4v) is 6.83. The van der Waals surface area contributed by atoms with Gasteiger partial charge in [-0.2, -0.15) is 9.98 Å². The van der Waals surface area contributed by atoms with Crippen LogP contribution in [0.25, 0.3) is 10.1 Å². The van der Waals surface area contributed by atoms with Crippen molar-refractivity contribution in [2.75, 3.05) is 26.3 Å². The first-order valence-electron chi connectivity index (χ1n) is 9.91. The van der Waals surface area contributed by atoms with Gasteiger partial charge in [-0.25, -0.2) is 13.4 Å². The Labute approximate surface area is 199 Å². The molecule has 1 unspecified atom stereocenters. The van der Waals surface area contributed by atoms with Gasteiger partial charge in [0.1, 0.15) is 42.3 Å². The number of nitrogens with one attached hydrogen (secondary N) is 1. The number of sulfonamides is 1. The summed E-state index contributed by atoms with van der Waals surface area (Å²) in [5, 5.41) is 9.36. The summed E-state index contributed by atoms with van der Waals surface area (Å²) in [6.07, 6.45) is 0.970. The quantitative estimate of drug-likeness (QED) is 0.242. The van der Waals surface area contributed by atoms with Crippen LogP contribution in [0.15, 0.2) is 40.7 Å². The maximum atomic E-state index is 13.0. The number of nitriles is 1. The molecule has 1 aromatic carbocycles.